The number of amides is 1. The van der Waals surface area contributed by atoms with Crippen LogP contribution in [-0.2, 0) is 26.4 Å². The van der Waals surface area contributed by atoms with E-state index in [1.165, 1.54) is 22.2 Å². The highest BCUT2D eigenvalue weighted by atomic mass is 32.1. The Morgan fingerprint density at radius 3 is 2.86 bits per heavy atom. The number of hydrogen-bond acceptors (Lipinski definition) is 6. The molecule has 1 aliphatic heterocycles. The lowest BCUT2D eigenvalue weighted by Gasteiger charge is -2.23. The lowest BCUT2D eigenvalue weighted by Crippen LogP contribution is -2.41. The van der Waals surface area contributed by atoms with Crippen molar-refractivity contribution < 1.29 is 13.6 Å². The van der Waals surface area contributed by atoms with E-state index in [0.717, 1.165) is 11.4 Å². The molecular weight excluding hydrogens is 484 g/mol. The van der Waals surface area contributed by atoms with Gasteiger partial charge in [-0.05, 0) is 19.3 Å². The number of carbonyl (C=O) groups excluding carboxylic acids is 1. The van der Waals surface area contributed by atoms with Gasteiger partial charge >= 0.3 is 0 Å². The smallest absolute Gasteiger partial charge is 0.281 e. The molecule has 0 radical (unpaired) electrons. The SMILES string of the molecule is C=CCCc1sc(-c2cnn(C)c2C(=O)NC2CCn3nc(-c4ccccc4)nc3C2)nc1C(F)F. The van der Waals surface area contributed by atoms with Crippen molar-refractivity contribution in [2.24, 2.45) is 7.05 Å². The number of hydrogen-bond donors (Lipinski definition) is 1. The fourth-order valence-corrected chi connectivity index (χ4v) is 5.41. The van der Waals surface area contributed by atoms with Gasteiger partial charge in [-0.25, -0.2) is 23.4 Å². The summed E-state index contributed by atoms with van der Waals surface area (Å²) in [5, 5.41) is 12.3. The molecule has 0 saturated carbocycles. The Morgan fingerprint density at radius 1 is 1.31 bits per heavy atom. The van der Waals surface area contributed by atoms with Crippen LogP contribution in [0.15, 0.2) is 49.2 Å². The van der Waals surface area contributed by atoms with E-state index in [1.54, 1.807) is 13.1 Å². The number of aryl methyl sites for hydroxylation is 3. The molecule has 1 N–H and O–H groups in total. The van der Waals surface area contributed by atoms with Crippen LogP contribution in [0.1, 0.15) is 46.2 Å². The van der Waals surface area contributed by atoms with Crippen molar-refractivity contribution in [3.63, 3.8) is 0 Å². The molecule has 5 rings (SSSR count). The van der Waals surface area contributed by atoms with Gasteiger partial charge in [0.2, 0.25) is 0 Å². The summed E-state index contributed by atoms with van der Waals surface area (Å²) < 4.78 is 30.5. The number of nitrogens with one attached hydrogen (secondary N) is 1. The zero-order chi connectivity index (χ0) is 25.2. The molecule has 0 fully saturated rings. The highest BCUT2D eigenvalue weighted by molar-refractivity contribution is 7.15. The van der Waals surface area contributed by atoms with Crippen molar-refractivity contribution >= 4 is 17.2 Å². The molecule has 4 heterocycles. The number of thiazole rings is 1. The van der Waals surface area contributed by atoms with E-state index in [0.29, 0.717) is 53.5 Å². The van der Waals surface area contributed by atoms with E-state index in [1.807, 2.05) is 35.0 Å². The van der Waals surface area contributed by atoms with Crippen LogP contribution in [-0.4, -0.2) is 41.5 Å². The highest BCUT2D eigenvalue weighted by Crippen LogP contribution is 2.35. The number of fused-ring (bicyclic) bond motifs is 1. The van der Waals surface area contributed by atoms with Crippen LogP contribution >= 0.6 is 11.3 Å². The van der Waals surface area contributed by atoms with Crippen molar-refractivity contribution in [3.05, 3.63) is 71.3 Å². The maximum absolute atomic E-state index is 13.6. The van der Waals surface area contributed by atoms with Crippen molar-refractivity contribution in [2.45, 2.75) is 44.7 Å². The standard InChI is InChI=1S/C25H25F2N7OS/c1-3-4-10-18-20(22(26)27)31-25(36-18)17-14-28-33(2)21(17)24(35)29-16-11-12-34-19(13-16)30-23(32-34)15-8-6-5-7-9-15/h3,5-9,14,16,22H,1,4,10-13H2,2H3,(H,29,35). The molecule has 1 unspecified atom stereocenters. The average molecular weight is 510 g/mol. The Bertz CT molecular complexity index is 1390. The number of halogens is 2. The number of carbonyl (C=O) groups is 1. The molecule has 186 valence electrons. The molecule has 1 aliphatic rings. The van der Waals surface area contributed by atoms with Crippen molar-refractivity contribution in [2.75, 3.05) is 0 Å². The molecule has 11 heteroatoms. The van der Waals surface area contributed by atoms with Crippen LogP contribution in [0.2, 0.25) is 0 Å². The van der Waals surface area contributed by atoms with Gasteiger partial charge in [0.25, 0.3) is 12.3 Å². The largest absolute Gasteiger partial charge is 0.347 e. The van der Waals surface area contributed by atoms with E-state index in [4.69, 9.17) is 0 Å². The van der Waals surface area contributed by atoms with Crippen LogP contribution in [0.25, 0.3) is 22.0 Å². The second-order valence-electron chi connectivity index (χ2n) is 8.59. The Labute approximate surface area is 210 Å². The molecule has 3 aromatic heterocycles. The fraction of sp³-hybridized carbons (Fsp3) is 0.320. The van der Waals surface area contributed by atoms with Gasteiger partial charge in [-0.15, -0.1) is 17.9 Å². The van der Waals surface area contributed by atoms with Crippen molar-refractivity contribution in [3.8, 4) is 22.0 Å². The third-order valence-corrected chi connectivity index (χ3v) is 7.29. The molecule has 36 heavy (non-hydrogen) atoms. The van der Waals surface area contributed by atoms with E-state index in [9.17, 15) is 13.6 Å². The monoisotopic (exact) mass is 509 g/mol. The zero-order valence-electron chi connectivity index (χ0n) is 19.7. The minimum absolute atomic E-state index is 0.142. The number of alkyl halides is 2. The molecule has 1 amide bonds. The number of benzene rings is 1. The van der Waals surface area contributed by atoms with Gasteiger partial charge in [0.15, 0.2) is 5.82 Å². The van der Waals surface area contributed by atoms with E-state index < -0.39 is 6.43 Å². The first-order valence-electron chi connectivity index (χ1n) is 11.7. The quantitative estimate of drug-likeness (QED) is 0.351. The molecule has 8 nitrogen and oxygen atoms in total. The van der Waals surface area contributed by atoms with Crippen molar-refractivity contribution in [1.82, 2.24) is 34.8 Å². The second kappa shape index (κ2) is 10.1. The van der Waals surface area contributed by atoms with Gasteiger partial charge < -0.3 is 5.32 Å². The maximum Gasteiger partial charge on any atom is 0.281 e. The molecule has 1 aromatic carbocycles. The molecule has 0 spiro atoms. The third-order valence-electron chi connectivity index (χ3n) is 6.13. The lowest BCUT2D eigenvalue weighted by molar-refractivity contribution is 0.0921. The number of allylic oxidation sites excluding steroid dienone is 1. The topological polar surface area (TPSA) is 90.5 Å². The fourth-order valence-electron chi connectivity index (χ4n) is 4.32. The van der Waals surface area contributed by atoms with Gasteiger partial charge in [0, 0.05) is 36.5 Å². The lowest BCUT2D eigenvalue weighted by atomic mass is 10.1. The predicted molar refractivity (Wildman–Crippen MR) is 133 cm³/mol. The molecule has 0 bridgehead atoms. The molecular formula is C25H25F2N7OS. The zero-order valence-corrected chi connectivity index (χ0v) is 20.5. The van der Waals surface area contributed by atoms with Crippen LogP contribution in [0.3, 0.4) is 0 Å². The van der Waals surface area contributed by atoms with Crippen LogP contribution < -0.4 is 5.32 Å². The van der Waals surface area contributed by atoms with Gasteiger partial charge in [-0.2, -0.15) is 10.2 Å². The third kappa shape index (κ3) is 4.70. The first kappa shape index (κ1) is 24.0. The number of nitrogens with zero attached hydrogens (tertiary/aromatic N) is 6. The summed E-state index contributed by atoms with van der Waals surface area (Å²) in [6.45, 7) is 4.30. The first-order valence-corrected chi connectivity index (χ1v) is 12.5. The molecule has 0 aliphatic carbocycles. The Hall–Kier alpha value is -3.73. The van der Waals surface area contributed by atoms with E-state index >= 15 is 0 Å². The number of aromatic nitrogens is 6. The Kier molecular flexibility index (Phi) is 6.73. The summed E-state index contributed by atoms with van der Waals surface area (Å²) in [5.41, 5.74) is 1.43. The molecule has 0 saturated heterocycles. The summed E-state index contributed by atoms with van der Waals surface area (Å²) in [7, 11) is 1.66. The minimum atomic E-state index is -2.69. The number of rotatable bonds is 8. The molecule has 1 atom stereocenters. The highest BCUT2D eigenvalue weighted by Gasteiger charge is 2.28. The van der Waals surface area contributed by atoms with Gasteiger partial charge in [0.1, 0.15) is 22.2 Å². The van der Waals surface area contributed by atoms with E-state index in [-0.39, 0.29) is 23.3 Å². The van der Waals surface area contributed by atoms with Crippen molar-refractivity contribution in [1.29, 1.82) is 0 Å². The second-order valence-corrected chi connectivity index (χ2v) is 9.67. The summed E-state index contributed by atoms with van der Waals surface area (Å²) in [6, 6.07) is 9.62. The van der Waals surface area contributed by atoms with Crippen LogP contribution in [0.5, 0.6) is 0 Å². The van der Waals surface area contributed by atoms with Gasteiger partial charge in [0.05, 0.1) is 11.8 Å². The first-order chi connectivity index (χ1) is 17.4. The van der Waals surface area contributed by atoms with E-state index in [2.05, 4.69) is 32.1 Å². The summed E-state index contributed by atoms with van der Waals surface area (Å²) in [6.07, 6.45) is 2.73. The minimum Gasteiger partial charge on any atom is -0.347 e. The van der Waals surface area contributed by atoms with Gasteiger partial charge in [-0.3, -0.25) is 9.48 Å². The Balaban J connectivity index is 1.35. The maximum atomic E-state index is 13.6. The van der Waals surface area contributed by atoms with Crippen LogP contribution in [0.4, 0.5) is 8.78 Å². The van der Waals surface area contributed by atoms with Crippen LogP contribution in [0, 0.1) is 0 Å². The predicted octanol–water partition coefficient (Wildman–Crippen LogP) is 4.60. The summed E-state index contributed by atoms with van der Waals surface area (Å²) in [5.74, 6) is 1.15. The summed E-state index contributed by atoms with van der Waals surface area (Å²) >= 11 is 1.17. The summed E-state index contributed by atoms with van der Waals surface area (Å²) in [4.78, 5) is 22.7. The normalized spacial score (nSPS) is 15.2. The van der Waals surface area contributed by atoms with Gasteiger partial charge in [-0.1, -0.05) is 36.4 Å². The molecule has 4 aromatic rings. The average Bonchev–Trinajstić information content (AvgIpc) is 3.59. The Morgan fingerprint density at radius 2 is 2.11 bits per heavy atom.